The van der Waals surface area contributed by atoms with E-state index in [1.165, 1.54) is 18.2 Å². The van der Waals surface area contributed by atoms with E-state index in [1.807, 2.05) is 0 Å². The van der Waals surface area contributed by atoms with Crippen LogP contribution in [0.2, 0.25) is 0 Å². The number of carbonyl (C=O) groups excluding carboxylic acids is 1. The van der Waals surface area contributed by atoms with Gasteiger partial charge in [-0.3, -0.25) is 4.79 Å². The number of hydrogen-bond acceptors (Lipinski definition) is 5. The standard InChI is InChI=1S/C20H20O5/c1-4-9-25-15-6-7-18(20(22)13-15)19(21)8-5-14-10-16(23-2)12-17(11-14)24-3/h4-8,10-13,22H,1,9H2,2-3H3/b8-5+. The monoisotopic (exact) mass is 340 g/mol. The molecule has 0 aliphatic heterocycles. The number of ketones is 1. The Labute approximate surface area is 146 Å². The third-order valence-corrected chi connectivity index (χ3v) is 3.40. The second kappa shape index (κ2) is 8.59. The van der Waals surface area contributed by atoms with Crippen molar-refractivity contribution in [2.75, 3.05) is 20.8 Å². The molecular weight excluding hydrogens is 320 g/mol. The van der Waals surface area contributed by atoms with Crippen molar-refractivity contribution in [2.24, 2.45) is 0 Å². The molecule has 0 unspecified atom stereocenters. The minimum absolute atomic E-state index is 0.139. The molecule has 1 N–H and O–H groups in total. The van der Waals surface area contributed by atoms with Crippen LogP contribution in [0.5, 0.6) is 23.0 Å². The van der Waals surface area contributed by atoms with E-state index in [-0.39, 0.29) is 17.1 Å². The van der Waals surface area contributed by atoms with Gasteiger partial charge in [0, 0.05) is 12.1 Å². The SMILES string of the molecule is C=CCOc1ccc(C(=O)/C=C/c2cc(OC)cc(OC)c2)c(O)c1. The summed E-state index contributed by atoms with van der Waals surface area (Å²) in [6.45, 7) is 3.88. The summed E-state index contributed by atoms with van der Waals surface area (Å²) < 4.78 is 15.7. The Balaban J connectivity index is 2.19. The fourth-order valence-electron chi connectivity index (χ4n) is 2.15. The van der Waals surface area contributed by atoms with Gasteiger partial charge in [-0.25, -0.2) is 0 Å². The largest absolute Gasteiger partial charge is 0.507 e. The summed E-state index contributed by atoms with van der Waals surface area (Å²) in [7, 11) is 3.11. The minimum atomic E-state index is -0.324. The van der Waals surface area contributed by atoms with Crippen molar-refractivity contribution in [3.05, 3.63) is 66.3 Å². The Morgan fingerprint density at radius 3 is 2.32 bits per heavy atom. The molecule has 2 rings (SSSR count). The fraction of sp³-hybridized carbons (Fsp3) is 0.150. The molecule has 0 bridgehead atoms. The van der Waals surface area contributed by atoms with E-state index in [1.54, 1.807) is 50.6 Å². The van der Waals surface area contributed by atoms with Crippen LogP contribution < -0.4 is 14.2 Å². The summed E-state index contributed by atoms with van der Waals surface area (Å²) in [6, 6.07) is 9.84. The van der Waals surface area contributed by atoms with Gasteiger partial charge in [-0.1, -0.05) is 18.7 Å². The highest BCUT2D eigenvalue weighted by atomic mass is 16.5. The quantitative estimate of drug-likeness (QED) is 0.449. The zero-order valence-corrected chi connectivity index (χ0v) is 14.2. The smallest absolute Gasteiger partial charge is 0.189 e. The zero-order valence-electron chi connectivity index (χ0n) is 14.2. The Bertz CT molecular complexity index is 770. The van der Waals surface area contributed by atoms with Crippen LogP contribution in [0.15, 0.2) is 55.1 Å². The van der Waals surface area contributed by atoms with Gasteiger partial charge in [0.15, 0.2) is 5.78 Å². The highest BCUT2D eigenvalue weighted by molar-refractivity contribution is 6.08. The van der Waals surface area contributed by atoms with Gasteiger partial charge in [-0.2, -0.15) is 0 Å². The molecule has 0 radical (unpaired) electrons. The lowest BCUT2D eigenvalue weighted by atomic mass is 10.1. The van der Waals surface area contributed by atoms with Crippen LogP contribution in [0.4, 0.5) is 0 Å². The van der Waals surface area contributed by atoms with Gasteiger partial charge in [-0.05, 0) is 35.9 Å². The molecule has 0 amide bonds. The molecule has 5 heteroatoms. The van der Waals surface area contributed by atoms with Crippen LogP contribution in [0.1, 0.15) is 15.9 Å². The normalized spacial score (nSPS) is 10.5. The second-order valence-electron chi connectivity index (χ2n) is 5.12. The highest BCUT2D eigenvalue weighted by Gasteiger charge is 2.10. The maximum Gasteiger partial charge on any atom is 0.189 e. The van der Waals surface area contributed by atoms with Gasteiger partial charge >= 0.3 is 0 Å². The van der Waals surface area contributed by atoms with Crippen LogP contribution in [-0.4, -0.2) is 31.7 Å². The van der Waals surface area contributed by atoms with Crippen molar-refractivity contribution < 1.29 is 24.1 Å². The number of allylic oxidation sites excluding steroid dienone is 1. The van der Waals surface area contributed by atoms with Crippen molar-refractivity contribution in [1.29, 1.82) is 0 Å². The third kappa shape index (κ3) is 4.88. The fourth-order valence-corrected chi connectivity index (χ4v) is 2.15. The number of benzene rings is 2. The molecule has 130 valence electrons. The maximum absolute atomic E-state index is 12.3. The van der Waals surface area contributed by atoms with Crippen LogP contribution in [0.3, 0.4) is 0 Å². The van der Waals surface area contributed by atoms with Crippen LogP contribution >= 0.6 is 0 Å². The van der Waals surface area contributed by atoms with Crippen molar-refractivity contribution in [3.63, 3.8) is 0 Å². The first-order chi connectivity index (χ1) is 12.1. The Kier molecular flexibility index (Phi) is 6.23. The van der Waals surface area contributed by atoms with Crippen LogP contribution in [0.25, 0.3) is 6.08 Å². The number of carbonyl (C=O) groups is 1. The summed E-state index contributed by atoms with van der Waals surface area (Å²) >= 11 is 0. The molecule has 0 saturated carbocycles. The van der Waals surface area contributed by atoms with Gasteiger partial charge in [0.25, 0.3) is 0 Å². The zero-order chi connectivity index (χ0) is 18.2. The molecule has 2 aromatic carbocycles. The molecule has 0 heterocycles. The van der Waals surface area contributed by atoms with Crippen molar-refractivity contribution in [2.45, 2.75) is 0 Å². The van der Waals surface area contributed by atoms with Gasteiger partial charge in [-0.15, -0.1) is 0 Å². The van der Waals surface area contributed by atoms with E-state index in [2.05, 4.69) is 6.58 Å². The molecule has 0 aliphatic carbocycles. The lowest BCUT2D eigenvalue weighted by Crippen LogP contribution is -1.97. The van der Waals surface area contributed by atoms with E-state index in [0.29, 0.717) is 23.9 Å². The average Bonchev–Trinajstić information content (AvgIpc) is 2.64. The topological polar surface area (TPSA) is 65.0 Å². The van der Waals surface area contributed by atoms with Gasteiger partial charge < -0.3 is 19.3 Å². The van der Waals surface area contributed by atoms with Crippen LogP contribution in [0, 0.1) is 0 Å². The molecule has 0 aromatic heterocycles. The van der Waals surface area contributed by atoms with Crippen molar-refractivity contribution in [3.8, 4) is 23.0 Å². The van der Waals surface area contributed by atoms with Crippen molar-refractivity contribution >= 4 is 11.9 Å². The molecule has 0 aliphatic rings. The Morgan fingerprint density at radius 2 is 1.76 bits per heavy atom. The summed E-state index contributed by atoms with van der Waals surface area (Å²) in [5, 5.41) is 10.0. The van der Waals surface area contributed by atoms with E-state index >= 15 is 0 Å². The summed E-state index contributed by atoms with van der Waals surface area (Å²) in [5.74, 6) is 1.25. The first-order valence-electron chi connectivity index (χ1n) is 7.59. The third-order valence-electron chi connectivity index (χ3n) is 3.40. The van der Waals surface area contributed by atoms with Gasteiger partial charge in [0.2, 0.25) is 0 Å². The molecule has 0 spiro atoms. The molecular formula is C20H20O5. The van der Waals surface area contributed by atoms with Crippen LogP contribution in [-0.2, 0) is 0 Å². The number of phenolic OH excluding ortho intramolecular Hbond substituents is 1. The molecule has 0 saturated heterocycles. The Morgan fingerprint density at radius 1 is 1.08 bits per heavy atom. The Hall–Kier alpha value is -3.21. The van der Waals surface area contributed by atoms with Gasteiger partial charge in [0.1, 0.15) is 29.6 Å². The predicted molar refractivity (Wildman–Crippen MR) is 96.7 cm³/mol. The molecule has 0 atom stereocenters. The average molecular weight is 340 g/mol. The number of phenols is 1. The van der Waals surface area contributed by atoms with E-state index in [0.717, 1.165) is 5.56 Å². The number of aromatic hydroxyl groups is 1. The number of rotatable bonds is 8. The molecule has 0 fully saturated rings. The lowest BCUT2D eigenvalue weighted by Gasteiger charge is -2.07. The van der Waals surface area contributed by atoms with E-state index in [9.17, 15) is 9.90 Å². The van der Waals surface area contributed by atoms with Crippen molar-refractivity contribution in [1.82, 2.24) is 0 Å². The predicted octanol–water partition coefficient (Wildman–Crippen LogP) is 3.87. The molecule has 2 aromatic rings. The van der Waals surface area contributed by atoms with Gasteiger partial charge in [0.05, 0.1) is 19.8 Å². The number of hydrogen-bond donors (Lipinski definition) is 1. The number of ether oxygens (including phenoxy) is 3. The molecule has 5 nitrogen and oxygen atoms in total. The number of methoxy groups -OCH3 is 2. The summed E-state index contributed by atoms with van der Waals surface area (Å²) in [5.41, 5.74) is 0.937. The first-order valence-corrected chi connectivity index (χ1v) is 7.59. The summed E-state index contributed by atoms with van der Waals surface area (Å²) in [4.78, 5) is 12.3. The minimum Gasteiger partial charge on any atom is -0.507 e. The lowest BCUT2D eigenvalue weighted by molar-refractivity contribution is 0.104. The van der Waals surface area contributed by atoms with E-state index < -0.39 is 0 Å². The molecule has 25 heavy (non-hydrogen) atoms. The summed E-state index contributed by atoms with van der Waals surface area (Å²) in [6.07, 6.45) is 4.61. The first kappa shape index (κ1) is 18.1. The highest BCUT2D eigenvalue weighted by Crippen LogP contribution is 2.26. The second-order valence-corrected chi connectivity index (χ2v) is 5.12. The van der Waals surface area contributed by atoms with E-state index in [4.69, 9.17) is 14.2 Å². The maximum atomic E-state index is 12.3.